The molecule has 0 radical (unpaired) electrons. The summed E-state index contributed by atoms with van der Waals surface area (Å²) in [5.41, 5.74) is 2.25. The molecular weight excluding hydrogens is 244 g/mol. The molecule has 98 valence electrons. The van der Waals surface area contributed by atoms with Crippen molar-refractivity contribution in [3.05, 3.63) is 42.0 Å². The van der Waals surface area contributed by atoms with E-state index in [9.17, 15) is 4.79 Å². The molecule has 0 spiro atoms. The third-order valence-corrected chi connectivity index (χ3v) is 4.48. The van der Waals surface area contributed by atoms with E-state index in [1.807, 2.05) is 26.0 Å². The van der Waals surface area contributed by atoms with Crippen molar-refractivity contribution in [3.63, 3.8) is 0 Å². The largest absolute Gasteiger partial charge is 0.545 e. The van der Waals surface area contributed by atoms with E-state index in [-0.39, 0.29) is 11.7 Å². The van der Waals surface area contributed by atoms with Crippen molar-refractivity contribution in [2.24, 2.45) is 0 Å². The Bertz CT molecular complexity index is 429. The molecule has 4 heteroatoms. The minimum absolute atomic E-state index is 0.101. The predicted octanol–water partition coefficient (Wildman–Crippen LogP) is 2.23. The molecular formula is C14H20O3Si. The third-order valence-electron chi connectivity index (χ3n) is 2.88. The van der Waals surface area contributed by atoms with Gasteiger partial charge in [0.15, 0.2) is 0 Å². The van der Waals surface area contributed by atoms with Gasteiger partial charge in [0.1, 0.15) is 11.5 Å². The molecule has 1 aromatic carbocycles. The molecule has 1 unspecified atom stereocenters. The fourth-order valence-corrected chi connectivity index (χ4v) is 2.66. The maximum atomic E-state index is 11.1. The number of hydrogen-bond acceptors (Lipinski definition) is 3. The maximum Gasteiger partial charge on any atom is 0.330 e. The summed E-state index contributed by atoms with van der Waals surface area (Å²) in [6.07, 6.45) is 1.96. The van der Waals surface area contributed by atoms with Crippen LogP contribution in [0, 0.1) is 13.8 Å². The van der Waals surface area contributed by atoms with E-state index in [1.165, 1.54) is 11.6 Å². The maximum absolute atomic E-state index is 11.1. The highest BCUT2D eigenvalue weighted by Gasteiger charge is 2.13. The second-order valence-electron chi connectivity index (χ2n) is 4.18. The topological polar surface area (TPSA) is 35.5 Å². The van der Waals surface area contributed by atoms with Gasteiger partial charge in [0, 0.05) is 6.08 Å². The SMILES string of the molecule is C=CC(=O)OC(CC)[SiH2]Oc1cccc(C)c1C. The highest BCUT2D eigenvalue weighted by Crippen LogP contribution is 2.20. The molecule has 0 aliphatic heterocycles. The van der Waals surface area contributed by atoms with Crippen LogP contribution < -0.4 is 4.43 Å². The van der Waals surface area contributed by atoms with Gasteiger partial charge in [0.2, 0.25) is 0 Å². The molecule has 0 N–H and O–H groups in total. The highest BCUT2D eigenvalue weighted by molar-refractivity contribution is 6.30. The first kappa shape index (κ1) is 14.5. The summed E-state index contributed by atoms with van der Waals surface area (Å²) in [5.74, 6) is 0.522. The Hall–Kier alpha value is -1.55. The lowest BCUT2D eigenvalue weighted by molar-refractivity contribution is -0.139. The molecule has 0 fully saturated rings. The highest BCUT2D eigenvalue weighted by atomic mass is 28.2. The van der Waals surface area contributed by atoms with Crippen LogP contribution in [0.1, 0.15) is 24.5 Å². The van der Waals surface area contributed by atoms with Gasteiger partial charge in [-0.05, 0) is 37.5 Å². The second-order valence-corrected chi connectivity index (χ2v) is 5.71. The number of carbonyl (C=O) groups excluding carboxylic acids is 1. The Morgan fingerprint density at radius 2 is 2.22 bits per heavy atom. The van der Waals surface area contributed by atoms with Gasteiger partial charge in [-0.2, -0.15) is 0 Å². The Morgan fingerprint density at radius 3 is 2.83 bits per heavy atom. The van der Waals surface area contributed by atoms with Crippen molar-refractivity contribution in [3.8, 4) is 5.75 Å². The van der Waals surface area contributed by atoms with Crippen LogP contribution in [0.25, 0.3) is 0 Å². The van der Waals surface area contributed by atoms with Gasteiger partial charge >= 0.3 is 5.97 Å². The number of hydrogen-bond donors (Lipinski definition) is 0. The summed E-state index contributed by atoms with van der Waals surface area (Å²) >= 11 is 0. The number of carbonyl (C=O) groups is 1. The minimum atomic E-state index is -0.953. The molecule has 1 rings (SSSR count). The Balaban J connectivity index is 2.59. The van der Waals surface area contributed by atoms with Crippen molar-refractivity contribution in [2.45, 2.75) is 32.9 Å². The number of ether oxygens (including phenoxy) is 1. The van der Waals surface area contributed by atoms with Gasteiger partial charge in [0.05, 0.1) is 0 Å². The molecule has 0 aliphatic carbocycles. The Morgan fingerprint density at radius 1 is 1.50 bits per heavy atom. The second kappa shape index (κ2) is 7.01. The normalized spacial score (nSPS) is 12.4. The lowest BCUT2D eigenvalue weighted by Gasteiger charge is -2.17. The average Bonchev–Trinajstić information content (AvgIpc) is 2.38. The lowest BCUT2D eigenvalue weighted by atomic mass is 10.1. The van der Waals surface area contributed by atoms with Crippen LogP contribution >= 0.6 is 0 Å². The Kier molecular flexibility index (Phi) is 5.65. The van der Waals surface area contributed by atoms with Crippen molar-refractivity contribution >= 4 is 15.7 Å². The summed E-state index contributed by atoms with van der Waals surface area (Å²) in [6, 6.07) is 5.99. The summed E-state index contributed by atoms with van der Waals surface area (Å²) < 4.78 is 11.1. The molecule has 0 amide bonds. The Labute approximate surface area is 111 Å². The summed E-state index contributed by atoms with van der Waals surface area (Å²) in [6.45, 7) is 9.47. The smallest absolute Gasteiger partial charge is 0.330 e. The van der Waals surface area contributed by atoms with Crippen LogP contribution in [-0.2, 0) is 9.53 Å². The monoisotopic (exact) mass is 264 g/mol. The van der Waals surface area contributed by atoms with Crippen molar-refractivity contribution in [2.75, 3.05) is 0 Å². The van der Waals surface area contributed by atoms with Gasteiger partial charge in [-0.25, -0.2) is 4.79 Å². The molecule has 1 atom stereocenters. The first-order valence-electron chi connectivity index (χ1n) is 6.10. The fraction of sp³-hybridized carbons (Fsp3) is 0.357. The molecule has 0 saturated heterocycles. The van der Waals surface area contributed by atoms with Crippen LogP contribution in [-0.4, -0.2) is 21.5 Å². The van der Waals surface area contributed by atoms with E-state index in [1.54, 1.807) is 0 Å². The quantitative estimate of drug-likeness (QED) is 0.449. The van der Waals surface area contributed by atoms with Crippen LogP contribution in [0.15, 0.2) is 30.9 Å². The van der Waals surface area contributed by atoms with Crippen molar-refractivity contribution in [1.29, 1.82) is 0 Å². The van der Waals surface area contributed by atoms with E-state index >= 15 is 0 Å². The molecule has 0 aliphatic rings. The van der Waals surface area contributed by atoms with E-state index in [4.69, 9.17) is 9.16 Å². The molecule has 0 aromatic heterocycles. The van der Waals surface area contributed by atoms with Crippen molar-refractivity contribution in [1.82, 2.24) is 0 Å². The van der Waals surface area contributed by atoms with Gasteiger partial charge in [-0.1, -0.05) is 25.6 Å². The van der Waals surface area contributed by atoms with Crippen LogP contribution in [0.3, 0.4) is 0 Å². The predicted molar refractivity (Wildman–Crippen MR) is 75.5 cm³/mol. The molecule has 0 bridgehead atoms. The first-order chi connectivity index (χ1) is 8.58. The molecule has 0 heterocycles. The first-order valence-corrected chi connectivity index (χ1v) is 7.50. The van der Waals surface area contributed by atoms with Gasteiger partial charge in [-0.15, -0.1) is 0 Å². The number of rotatable bonds is 6. The van der Waals surface area contributed by atoms with Gasteiger partial charge < -0.3 is 9.16 Å². The minimum Gasteiger partial charge on any atom is -0.545 e. The third kappa shape index (κ3) is 4.03. The molecule has 3 nitrogen and oxygen atoms in total. The zero-order valence-corrected chi connectivity index (χ0v) is 12.6. The van der Waals surface area contributed by atoms with E-state index in [2.05, 4.69) is 19.6 Å². The van der Waals surface area contributed by atoms with Crippen LogP contribution in [0.4, 0.5) is 0 Å². The van der Waals surface area contributed by atoms with E-state index in [0.29, 0.717) is 0 Å². The van der Waals surface area contributed by atoms with Crippen LogP contribution in [0.5, 0.6) is 5.75 Å². The number of aryl methyl sites for hydroxylation is 1. The summed E-state index contributed by atoms with van der Waals surface area (Å²) in [5, 5.41) is 0. The van der Waals surface area contributed by atoms with Crippen molar-refractivity contribution < 1.29 is 14.0 Å². The van der Waals surface area contributed by atoms with Gasteiger partial charge in [0.25, 0.3) is 9.76 Å². The molecule has 18 heavy (non-hydrogen) atoms. The van der Waals surface area contributed by atoms with E-state index < -0.39 is 9.76 Å². The number of benzene rings is 1. The number of esters is 1. The summed E-state index contributed by atoms with van der Waals surface area (Å²) in [4.78, 5) is 11.1. The van der Waals surface area contributed by atoms with E-state index in [0.717, 1.165) is 17.7 Å². The van der Waals surface area contributed by atoms with Crippen LogP contribution in [0.2, 0.25) is 0 Å². The fourth-order valence-electron chi connectivity index (χ4n) is 1.51. The molecule has 1 aromatic rings. The zero-order chi connectivity index (χ0) is 13.5. The standard InChI is InChI=1S/C14H20O3Si/c1-5-13(15)16-14(6-2)18-17-12-9-7-8-10(3)11(12)4/h5,7-9,14H,1,6,18H2,2-4H3. The summed E-state index contributed by atoms with van der Waals surface area (Å²) in [7, 11) is -0.953. The molecule has 0 saturated carbocycles. The van der Waals surface area contributed by atoms with Gasteiger partial charge in [-0.3, -0.25) is 0 Å². The lowest BCUT2D eigenvalue weighted by Crippen LogP contribution is -2.27. The zero-order valence-electron chi connectivity index (χ0n) is 11.2. The average molecular weight is 264 g/mol.